The predicted octanol–water partition coefficient (Wildman–Crippen LogP) is 4.08. The van der Waals surface area contributed by atoms with Crippen molar-refractivity contribution < 1.29 is 9.18 Å². The quantitative estimate of drug-likeness (QED) is 0.384. The fraction of sp³-hybridized carbons (Fsp3) is 0.0400. The first kappa shape index (κ1) is 20.7. The molecule has 0 unspecified atom stereocenters. The second kappa shape index (κ2) is 7.86. The van der Waals surface area contributed by atoms with Crippen LogP contribution in [-0.2, 0) is 11.3 Å². The number of hydrogen-bond donors (Lipinski definition) is 0. The molecule has 0 atom stereocenters. The van der Waals surface area contributed by atoms with Crippen LogP contribution in [-0.4, -0.2) is 20.5 Å². The Kier molecular flexibility index (Phi) is 4.79. The molecule has 0 N–H and O–H groups in total. The van der Waals surface area contributed by atoms with Gasteiger partial charge >= 0.3 is 0 Å². The minimum Gasteiger partial charge on any atom is -0.303 e. The fourth-order valence-electron chi connectivity index (χ4n) is 4.09. The smallest absolute Gasteiger partial charge is 0.291 e. The molecule has 0 spiro atoms. The average Bonchev–Trinajstić information content (AvgIpc) is 3.47. The van der Waals surface area contributed by atoms with E-state index < -0.39 is 11.4 Å². The number of rotatable bonds is 3. The van der Waals surface area contributed by atoms with E-state index in [0.717, 1.165) is 11.3 Å². The van der Waals surface area contributed by atoms with E-state index >= 15 is 0 Å². The van der Waals surface area contributed by atoms with E-state index in [1.807, 2.05) is 12.1 Å². The van der Waals surface area contributed by atoms with Gasteiger partial charge in [-0.3, -0.25) is 9.59 Å². The van der Waals surface area contributed by atoms with Crippen molar-refractivity contribution in [2.45, 2.75) is 6.54 Å². The molecule has 9 heteroatoms. The van der Waals surface area contributed by atoms with Crippen LogP contribution in [0.4, 0.5) is 10.1 Å². The van der Waals surface area contributed by atoms with Crippen molar-refractivity contribution in [2.24, 2.45) is 0 Å². The van der Waals surface area contributed by atoms with E-state index in [0.29, 0.717) is 38.2 Å². The van der Waals surface area contributed by atoms with Crippen LogP contribution in [0.25, 0.3) is 21.9 Å². The Hall–Kier alpha value is -3.88. The molecule has 0 saturated heterocycles. The maximum Gasteiger partial charge on any atom is 0.291 e. The highest BCUT2D eigenvalue weighted by molar-refractivity contribution is 7.15. The van der Waals surface area contributed by atoms with Gasteiger partial charge in [0.25, 0.3) is 11.5 Å². The summed E-state index contributed by atoms with van der Waals surface area (Å²) in [4.78, 5) is 33.2. The van der Waals surface area contributed by atoms with Crippen molar-refractivity contribution >= 4 is 45.1 Å². The number of amides is 1. The second-order valence-electron chi connectivity index (χ2n) is 7.75. The van der Waals surface area contributed by atoms with Gasteiger partial charge in [-0.05, 0) is 24.3 Å². The van der Waals surface area contributed by atoms with E-state index in [2.05, 4.69) is 10.1 Å². The van der Waals surface area contributed by atoms with Gasteiger partial charge in [0.2, 0.25) is 4.96 Å². The van der Waals surface area contributed by atoms with Gasteiger partial charge in [0.1, 0.15) is 10.3 Å². The molecule has 0 aliphatic carbocycles. The molecular weight excluding hydrogens is 475 g/mol. The number of hydrogen-bond acceptors (Lipinski definition) is 5. The molecule has 0 fully saturated rings. The number of carbonyl (C=O) groups is 1. The highest BCUT2D eigenvalue weighted by atomic mass is 35.5. The Morgan fingerprint density at radius 2 is 1.76 bits per heavy atom. The zero-order valence-corrected chi connectivity index (χ0v) is 19.0. The lowest BCUT2D eigenvalue weighted by atomic mass is 10.1. The number of benzene rings is 3. The minimum absolute atomic E-state index is 0.0554. The number of aromatic nitrogens is 3. The van der Waals surface area contributed by atoms with Crippen molar-refractivity contribution in [3.05, 3.63) is 110 Å². The summed E-state index contributed by atoms with van der Waals surface area (Å²) in [7, 11) is 0. The van der Waals surface area contributed by atoms with E-state index in [1.165, 1.54) is 15.5 Å². The predicted molar refractivity (Wildman–Crippen MR) is 129 cm³/mol. The van der Waals surface area contributed by atoms with Gasteiger partial charge in [-0.1, -0.05) is 71.5 Å². The molecule has 6 nitrogen and oxygen atoms in total. The van der Waals surface area contributed by atoms with E-state index in [4.69, 9.17) is 11.6 Å². The first-order valence-electron chi connectivity index (χ1n) is 10.4. The molecule has 166 valence electrons. The normalized spacial score (nSPS) is 14.8. The molecule has 0 bridgehead atoms. The molecule has 3 heterocycles. The molecule has 1 aliphatic rings. The van der Waals surface area contributed by atoms with Crippen LogP contribution in [0.1, 0.15) is 11.1 Å². The third-order valence-electron chi connectivity index (χ3n) is 5.68. The topological polar surface area (TPSA) is 67.6 Å². The largest absolute Gasteiger partial charge is 0.303 e. The van der Waals surface area contributed by atoms with Crippen molar-refractivity contribution in [1.82, 2.24) is 14.6 Å². The van der Waals surface area contributed by atoms with Crippen LogP contribution in [0.3, 0.4) is 0 Å². The lowest BCUT2D eigenvalue weighted by Gasteiger charge is -2.17. The zero-order valence-electron chi connectivity index (χ0n) is 17.4. The minimum atomic E-state index is -0.424. The summed E-state index contributed by atoms with van der Waals surface area (Å²) in [6.45, 7) is 0.0554. The molecule has 3 aromatic carbocycles. The number of carbonyl (C=O) groups excluding carboxylic acids is 1. The van der Waals surface area contributed by atoms with Gasteiger partial charge in [-0.25, -0.2) is 4.39 Å². The van der Waals surface area contributed by atoms with Gasteiger partial charge in [-0.15, -0.1) is 5.10 Å². The fourth-order valence-corrected chi connectivity index (χ4v) is 5.28. The molecule has 5 aromatic rings. The Morgan fingerprint density at radius 3 is 2.56 bits per heavy atom. The Labute approximate surface area is 201 Å². The van der Waals surface area contributed by atoms with Crippen molar-refractivity contribution in [3.8, 4) is 11.4 Å². The number of nitrogens with zero attached hydrogens (tertiary/aromatic N) is 4. The Bertz CT molecular complexity index is 1730. The van der Waals surface area contributed by atoms with E-state index in [9.17, 15) is 14.0 Å². The standard InChI is InChI=1S/C25H14ClFN4O2S/c26-16-8-5-7-14(12-16)22-28-25-31(29-22)24(33)21(34-25)20-17-9-2-4-11-19(17)30(23(20)32)13-15-6-1-3-10-18(15)27/h1-12H,13H2/b21-20-. The summed E-state index contributed by atoms with van der Waals surface area (Å²) in [6.07, 6.45) is 0. The maximum atomic E-state index is 14.3. The van der Waals surface area contributed by atoms with Gasteiger partial charge in [0.15, 0.2) is 5.82 Å². The summed E-state index contributed by atoms with van der Waals surface area (Å²) < 4.78 is 15.8. The highest BCUT2D eigenvalue weighted by Gasteiger charge is 2.34. The first-order valence-corrected chi connectivity index (χ1v) is 11.6. The van der Waals surface area contributed by atoms with Gasteiger partial charge < -0.3 is 4.90 Å². The molecule has 2 aromatic heterocycles. The molecule has 1 amide bonds. The molecule has 34 heavy (non-hydrogen) atoms. The lowest BCUT2D eigenvalue weighted by Crippen LogP contribution is -2.32. The van der Waals surface area contributed by atoms with Crippen LogP contribution >= 0.6 is 22.9 Å². The number of para-hydroxylation sites is 1. The molecular formula is C25H14ClFN4O2S. The molecule has 1 aliphatic heterocycles. The van der Waals surface area contributed by atoms with Crippen molar-refractivity contribution in [2.75, 3.05) is 4.90 Å². The number of halogens is 2. The summed E-state index contributed by atoms with van der Waals surface area (Å²) in [5, 5.41) is 4.89. The van der Waals surface area contributed by atoms with Crippen LogP contribution in [0.2, 0.25) is 5.02 Å². The summed E-state index contributed by atoms with van der Waals surface area (Å²) in [5.74, 6) is -0.374. The third kappa shape index (κ3) is 3.22. The van der Waals surface area contributed by atoms with Crippen molar-refractivity contribution in [3.63, 3.8) is 0 Å². The number of anilines is 1. The Morgan fingerprint density at radius 1 is 0.971 bits per heavy atom. The molecule has 6 rings (SSSR count). The maximum absolute atomic E-state index is 14.3. The van der Waals surface area contributed by atoms with Gasteiger partial charge in [0, 0.05) is 21.7 Å². The van der Waals surface area contributed by atoms with Gasteiger partial charge in [-0.2, -0.15) is 9.50 Å². The van der Waals surface area contributed by atoms with Gasteiger partial charge in [0.05, 0.1) is 17.8 Å². The average molecular weight is 489 g/mol. The summed E-state index contributed by atoms with van der Waals surface area (Å²) in [5.41, 5.74) is 2.19. The first-order chi connectivity index (χ1) is 16.5. The van der Waals surface area contributed by atoms with E-state index in [1.54, 1.807) is 54.6 Å². The number of fused-ring (bicyclic) bond motifs is 2. The molecule has 0 radical (unpaired) electrons. The van der Waals surface area contributed by atoms with Crippen LogP contribution in [0, 0.1) is 5.82 Å². The number of thiazole rings is 1. The second-order valence-corrected chi connectivity index (χ2v) is 9.17. The van der Waals surface area contributed by atoms with Crippen LogP contribution in [0.5, 0.6) is 0 Å². The third-order valence-corrected chi connectivity index (χ3v) is 6.94. The monoisotopic (exact) mass is 488 g/mol. The molecule has 0 saturated carbocycles. The summed E-state index contributed by atoms with van der Waals surface area (Å²) in [6, 6.07) is 20.6. The SMILES string of the molecule is O=C1/C(=c2\sc3nc(-c4cccc(Cl)c4)nn3c2=O)c2ccccc2N1Cc1ccccc1F. The summed E-state index contributed by atoms with van der Waals surface area (Å²) >= 11 is 7.17. The zero-order chi connectivity index (χ0) is 23.4. The van der Waals surface area contributed by atoms with Crippen LogP contribution < -0.4 is 15.0 Å². The van der Waals surface area contributed by atoms with Crippen molar-refractivity contribution in [1.29, 1.82) is 0 Å². The lowest BCUT2D eigenvalue weighted by molar-refractivity contribution is -0.113. The van der Waals surface area contributed by atoms with E-state index in [-0.39, 0.29) is 22.6 Å². The highest BCUT2D eigenvalue weighted by Crippen LogP contribution is 2.36. The van der Waals surface area contributed by atoms with Crippen LogP contribution in [0.15, 0.2) is 77.6 Å². The Balaban J connectivity index is 1.50.